The van der Waals surface area contributed by atoms with Gasteiger partial charge in [0.15, 0.2) is 0 Å². The van der Waals surface area contributed by atoms with Crippen molar-refractivity contribution in [2.75, 3.05) is 17.2 Å². The van der Waals surface area contributed by atoms with Crippen molar-refractivity contribution in [3.8, 4) is 0 Å². The molecule has 2 heterocycles. The fourth-order valence-electron chi connectivity index (χ4n) is 2.48. The van der Waals surface area contributed by atoms with E-state index in [-0.39, 0.29) is 30.0 Å². The first kappa shape index (κ1) is 15.3. The smallest absolute Gasteiger partial charge is 0.232 e. The molecule has 8 heteroatoms. The van der Waals surface area contributed by atoms with Crippen LogP contribution in [0, 0.1) is 12.8 Å². The minimum absolute atomic E-state index is 0.0860. The van der Waals surface area contributed by atoms with Crippen LogP contribution in [-0.2, 0) is 13.8 Å². The maximum Gasteiger partial charge on any atom is 0.232 e. The van der Waals surface area contributed by atoms with Crippen LogP contribution in [0.5, 0.6) is 0 Å². The molecule has 1 unspecified atom stereocenters. The van der Waals surface area contributed by atoms with Gasteiger partial charge in [0.25, 0.3) is 0 Å². The lowest BCUT2D eigenvalue weighted by Crippen LogP contribution is -2.28. The molecule has 1 amide bonds. The van der Waals surface area contributed by atoms with Gasteiger partial charge in [0.05, 0.1) is 11.4 Å². The van der Waals surface area contributed by atoms with Crippen molar-refractivity contribution in [2.45, 2.75) is 33.2 Å². The second-order valence-electron chi connectivity index (χ2n) is 5.46. The van der Waals surface area contributed by atoms with Gasteiger partial charge in [-0.05, 0) is 20.8 Å². The van der Waals surface area contributed by atoms with Gasteiger partial charge in [-0.3, -0.25) is 9.69 Å². The van der Waals surface area contributed by atoms with Crippen LogP contribution in [0.4, 0.5) is 5.82 Å². The molecule has 0 radical (unpaired) electrons. The lowest BCUT2D eigenvalue weighted by molar-refractivity contribution is -0.117. The highest BCUT2D eigenvalue weighted by molar-refractivity contribution is 8.13. The third-order valence-corrected chi connectivity index (χ3v) is 4.49. The molecule has 0 spiro atoms. The molecule has 0 N–H and O–H groups in total. The Morgan fingerprint density at radius 3 is 2.70 bits per heavy atom. The van der Waals surface area contributed by atoms with E-state index in [2.05, 4.69) is 5.10 Å². The molecule has 1 atom stereocenters. The predicted molar refractivity (Wildman–Crippen MR) is 77.4 cm³/mol. The molecule has 1 aliphatic heterocycles. The fraction of sp³-hybridized carbons (Fsp3) is 0.667. The fourth-order valence-corrected chi connectivity index (χ4v) is 3.80. The van der Waals surface area contributed by atoms with E-state index in [9.17, 15) is 13.2 Å². The molecule has 1 saturated heterocycles. The van der Waals surface area contributed by atoms with Crippen molar-refractivity contribution in [1.82, 2.24) is 9.78 Å². The summed E-state index contributed by atoms with van der Waals surface area (Å²) in [6.07, 6.45) is 0.203. The molecule has 112 valence electrons. The molecule has 2 rings (SSSR count). The van der Waals surface area contributed by atoms with E-state index < -0.39 is 9.05 Å². The highest BCUT2D eigenvalue weighted by Crippen LogP contribution is 2.28. The second kappa shape index (κ2) is 5.37. The third kappa shape index (κ3) is 3.32. The number of hydrogen-bond donors (Lipinski definition) is 0. The number of aryl methyl sites for hydroxylation is 1. The van der Waals surface area contributed by atoms with Crippen LogP contribution in [0.15, 0.2) is 6.07 Å². The molecule has 1 aromatic heterocycles. The zero-order valence-electron chi connectivity index (χ0n) is 11.7. The summed E-state index contributed by atoms with van der Waals surface area (Å²) in [6.45, 7) is 6.20. The Kier molecular flexibility index (Phi) is 4.11. The highest BCUT2D eigenvalue weighted by Gasteiger charge is 2.35. The van der Waals surface area contributed by atoms with Crippen molar-refractivity contribution in [3.05, 3.63) is 11.8 Å². The van der Waals surface area contributed by atoms with Crippen molar-refractivity contribution < 1.29 is 13.2 Å². The minimum Gasteiger partial charge on any atom is -0.297 e. The molecule has 0 bridgehead atoms. The van der Waals surface area contributed by atoms with Crippen molar-refractivity contribution in [3.63, 3.8) is 0 Å². The van der Waals surface area contributed by atoms with E-state index in [1.165, 1.54) is 0 Å². The number of anilines is 1. The van der Waals surface area contributed by atoms with Gasteiger partial charge in [-0.15, -0.1) is 0 Å². The maximum absolute atomic E-state index is 12.1. The van der Waals surface area contributed by atoms with Crippen LogP contribution < -0.4 is 4.90 Å². The molecule has 0 saturated carbocycles. The van der Waals surface area contributed by atoms with Crippen LogP contribution in [0.3, 0.4) is 0 Å². The maximum atomic E-state index is 12.1. The standard InChI is InChI=1S/C12H18ClN3O3S/c1-8(2)16-11(4-9(3)14-16)15-6-10(5-12(15)17)7-20(13,18)19/h4,8,10H,5-7H2,1-3H3. The van der Waals surface area contributed by atoms with Gasteiger partial charge in [-0.25, -0.2) is 13.1 Å². The first-order valence-corrected chi connectivity index (χ1v) is 8.94. The molecule has 0 aromatic carbocycles. The normalized spacial score (nSPS) is 20.1. The summed E-state index contributed by atoms with van der Waals surface area (Å²) in [5.41, 5.74) is 0.829. The number of amides is 1. The highest BCUT2D eigenvalue weighted by atomic mass is 35.7. The first-order chi connectivity index (χ1) is 9.17. The quantitative estimate of drug-likeness (QED) is 0.792. The summed E-state index contributed by atoms with van der Waals surface area (Å²) < 4.78 is 24.1. The van der Waals surface area contributed by atoms with Crippen LogP contribution in [0.1, 0.15) is 32.0 Å². The number of hydrogen-bond acceptors (Lipinski definition) is 4. The molecular formula is C12H18ClN3O3S. The number of halogens is 1. The summed E-state index contributed by atoms with van der Waals surface area (Å²) in [4.78, 5) is 13.7. The molecule has 1 fully saturated rings. The number of rotatable bonds is 4. The lowest BCUT2D eigenvalue weighted by Gasteiger charge is -2.19. The monoisotopic (exact) mass is 319 g/mol. The number of carbonyl (C=O) groups is 1. The van der Waals surface area contributed by atoms with Crippen LogP contribution in [-0.4, -0.2) is 36.4 Å². The Morgan fingerprint density at radius 2 is 2.15 bits per heavy atom. The van der Waals surface area contributed by atoms with Gasteiger partial charge in [-0.1, -0.05) is 0 Å². The summed E-state index contributed by atoms with van der Waals surface area (Å²) in [5.74, 6) is 0.195. The zero-order valence-corrected chi connectivity index (χ0v) is 13.3. The number of aromatic nitrogens is 2. The summed E-state index contributed by atoms with van der Waals surface area (Å²) in [7, 11) is 1.68. The topological polar surface area (TPSA) is 72.3 Å². The van der Waals surface area contributed by atoms with E-state index in [4.69, 9.17) is 10.7 Å². The summed E-state index contributed by atoms with van der Waals surface area (Å²) in [6, 6.07) is 1.97. The SMILES string of the molecule is Cc1cc(N2CC(CS(=O)(=O)Cl)CC2=O)n(C(C)C)n1. The Labute approximate surface area is 123 Å². The largest absolute Gasteiger partial charge is 0.297 e. The summed E-state index contributed by atoms with van der Waals surface area (Å²) >= 11 is 0. The van der Waals surface area contributed by atoms with Gasteiger partial charge in [0, 0.05) is 41.7 Å². The van der Waals surface area contributed by atoms with E-state index in [1.807, 2.05) is 26.8 Å². The van der Waals surface area contributed by atoms with Crippen molar-refractivity contribution in [2.24, 2.45) is 5.92 Å². The van der Waals surface area contributed by atoms with Gasteiger partial charge < -0.3 is 0 Å². The third-order valence-electron chi connectivity index (χ3n) is 3.24. The molecular weight excluding hydrogens is 302 g/mol. The Balaban J connectivity index is 2.24. The van der Waals surface area contributed by atoms with Gasteiger partial charge in [-0.2, -0.15) is 5.10 Å². The molecule has 6 nitrogen and oxygen atoms in total. The first-order valence-electron chi connectivity index (χ1n) is 6.46. The van der Waals surface area contributed by atoms with Crippen molar-refractivity contribution >= 4 is 31.5 Å². The van der Waals surface area contributed by atoms with E-state index in [0.29, 0.717) is 6.54 Å². The minimum atomic E-state index is -3.59. The van der Waals surface area contributed by atoms with Crippen LogP contribution >= 0.6 is 10.7 Å². The Bertz CT molecular complexity index is 624. The summed E-state index contributed by atoms with van der Waals surface area (Å²) in [5, 5.41) is 4.37. The Morgan fingerprint density at radius 1 is 1.50 bits per heavy atom. The van der Waals surface area contributed by atoms with Crippen LogP contribution in [0.25, 0.3) is 0 Å². The van der Waals surface area contributed by atoms with Gasteiger partial charge in [0.2, 0.25) is 15.0 Å². The molecule has 0 aliphatic carbocycles. The van der Waals surface area contributed by atoms with Gasteiger partial charge in [0.1, 0.15) is 5.82 Å². The van der Waals surface area contributed by atoms with Gasteiger partial charge >= 0.3 is 0 Å². The number of nitrogens with zero attached hydrogens (tertiary/aromatic N) is 3. The second-order valence-corrected chi connectivity index (χ2v) is 8.28. The zero-order chi connectivity index (χ0) is 15.1. The molecule has 1 aromatic rings. The van der Waals surface area contributed by atoms with Crippen LogP contribution in [0.2, 0.25) is 0 Å². The van der Waals surface area contributed by atoms with E-state index in [0.717, 1.165) is 11.5 Å². The van der Waals surface area contributed by atoms with Crippen molar-refractivity contribution in [1.29, 1.82) is 0 Å². The van der Waals surface area contributed by atoms with E-state index >= 15 is 0 Å². The van der Waals surface area contributed by atoms with E-state index in [1.54, 1.807) is 9.58 Å². The molecule has 20 heavy (non-hydrogen) atoms. The lowest BCUT2D eigenvalue weighted by atomic mass is 10.1. The Hall–Kier alpha value is -1.08. The average molecular weight is 320 g/mol. The molecule has 1 aliphatic rings. The average Bonchev–Trinajstić information content (AvgIpc) is 2.79. The predicted octanol–water partition coefficient (Wildman–Crippen LogP) is 1.69. The number of carbonyl (C=O) groups excluding carboxylic acids is 1.